The largest absolute Gasteiger partial charge is 0.454 e. The van der Waals surface area contributed by atoms with Gasteiger partial charge in [0.2, 0.25) is 0 Å². The Morgan fingerprint density at radius 1 is 1.17 bits per heavy atom. The van der Waals surface area contributed by atoms with Gasteiger partial charge in [0.25, 0.3) is 0 Å². The van der Waals surface area contributed by atoms with Crippen LogP contribution in [0.3, 0.4) is 0 Å². The number of benzene rings is 2. The van der Waals surface area contributed by atoms with Crippen LogP contribution in [0.15, 0.2) is 65.6 Å². The van der Waals surface area contributed by atoms with Gasteiger partial charge in [-0.25, -0.2) is 4.68 Å². The molecule has 24 heavy (non-hydrogen) atoms. The summed E-state index contributed by atoms with van der Waals surface area (Å²) < 4.78 is 6.76. The minimum absolute atomic E-state index is 0.277. The molecule has 2 aromatic carbocycles. The second-order valence-corrected chi connectivity index (χ2v) is 6.41. The Kier molecular flexibility index (Phi) is 5.23. The highest BCUT2D eigenvalue weighted by Crippen LogP contribution is 2.28. The lowest BCUT2D eigenvalue weighted by Gasteiger charge is -2.08. The van der Waals surface area contributed by atoms with Crippen molar-refractivity contribution in [3.63, 3.8) is 0 Å². The molecule has 0 aliphatic rings. The Morgan fingerprint density at radius 3 is 2.54 bits per heavy atom. The van der Waals surface area contributed by atoms with E-state index >= 15 is 0 Å². The molecule has 0 saturated carbocycles. The van der Waals surface area contributed by atoms with Crippen molar-refractivity contribution in [2.24, 2.45) is 0 Å². The molecule has 122 valence electrons. The molecule has 1 heterocycles. The van der Waals surface area contributed by atoms with Crippen LogP contribution in [0.5, 0.6) is 0 Å². The first-order valence-electron chi connectivity index (χ1n) is 7.31. The second-order valence-electron chi connectivity index (χ2n) is 5.02. The maximum absolute atomic E-state index is 10.8. The van der Waals surface area contributed by atoms with Crippen molar-refractivity contribution in [3.05, 3.63) is 65.8 Å². The van der Waals surface area contributed by atoms with Crippen molar-refractivity contribution in [2.75, 3.05) is 5.94 Å². The van der Waals surface area contributed by atoms with E-state index in [0.717, 1.165) is 21.8 Å². The van der Waals surface area contributed by atoms with Gasteiger partial charge in [-0.1, -0.05) is 53.7 Å². The number of halogens is 1. The zero-order valence-electron chi connectivity index (χ0n) is 13.0. The molecule has 1 aromatic heterocycles. The summed E-state index contributed by atoms with van der Waals surface area (Å²) in [5, 5.41) is 4.81. The molecule has 0 aliphatic heterocycles. The lowest BCUT2D eigenvalue weighted by molar-refractivity contribution is -0.138. The molecule has 0 saturated heterocycles. The number of nitrogens with zero attached hydrogens (tertiary/aromatic N) is 2. The first kappa shape index (κ1) is 16.6. The minimum atomic E-state index is -0.277. The lowest BCUT2D eigenvalue weighted by atomic mass is 10.1. The third-order valence-corrected chi connectivity index (χ3v) is 4.34. The number of rotatable bonds is 5. The van der Waals surface area contributed by atoms with Crippen LogP contribution in [-0.4, -0.2) is 21.7 Å². The van der Waals surface area contributed by atoms with E-state index < -0.39 is 0 Å². The normalized spacial score (nSPS) is 10.6. The van der Waals surface area contributed by atoms with Gasteiger partial charge in [-0.05, 0) is 24.3 Å². The van der Waals surface area contributed by atoms with Gasteiger partial charge >= 0.3 is 5.97 Å². The second kappa shape index (κ2) is 7.55. The van der Waals surface area contributed by atoms with E-state index in [4.69, 9.17) is 16.3 Å². The number of hydrogen-bond donors (Lipinski definition) is 0. The molecule has 0 radical (unpaired) electrons. The van der Waals surface area contributed by atoms with Gasteiger partial charge < -0.3 is 4.74 Å². The quantitative estimate of drug-likeness (QED) is 0.373. The molecule has 0 spiro atoms. The van der Waals surface area contributed by atoms with E-state index in [9.17, 15) is 4.79 Å². The molecular formula is C18H15ClN2O2S. The Morgan fingerprint density at radius 2 is 1.88 bits per heavy atom. The molecule has 0 fully saturated rings. The zero-order chi connectivity index (χ0) is 16.9. The van der Waals surface area contributed by atoms with Crippen molar-refractivity contribution in [1.82, 2.24) is 9.78 Å². The van der Waals surface area contributed by atoms with Crippen molar-refractivity contribution < 1.29 is 9.53 Å². The van der Waals surface area contributed by atoms with Crippen LogP contribution in [0.4, 0.5) is 0 Å². The molecule has 4 nitrogen and oxygen atoms in total. The van der Waals surface area contributed by atoms with Gasteiger partial charge in [-0.2, -0.15) is 5.10 Å². The fraction of sp³-hybridized carbons (Fsp3) is 0.111. The van der Waals surface area contributed by atoms with Crippen LogP contribution in [0.1, 0.15) is 6.92 Å². The molecule has 3 aromatic rings. The number of ether oxygens (including phenoxy) is 1. The summed E-state index contributed by atoms with van der Waals surface area (Å²) in [6.07, 6.45) is 0. The van der Waals surface area contributed by atoms with Crippen molar-refractivity contribution >= 4 is 29.3 Å². The minimum Gasteiger partial charge on any atom is -0.454 e. The third kappa shape index (κ3) is 3.99. The number of carbonyl (C=O) groups is 1. The number of thioether (sulfide) groups is 1. The summed E-state index contributed by atoms with van der Waals surface area (Å²) in [5.74, 6) is 0.0307. The molecular weight excluding hydrogens is 344 g/mol. The van der Waals surface area contributed by atoms with Gasteiger partial charge in [0, 0.05) is 23.4 Å². The van der Waals surface area contributed by atoms with Gasteiger partial charge in [0.05, 0.1) is 11.4 Å². The Balaban J connectivity index is 1.83. The van der Waals surface area contributed by atoms with Gasteiger partial charge in [-0.3, -0.25) is 4.79 Å². The number of esters is 1. The van der Waals surface area contributed by atoms with Crippen LogP contribution in [0.2, 0.25) is 5.15 Å². The maximum Gasteiger partial charge on any atom is 0.303 e. The van der Waals surface area contributed by atoms with E-state index in [1.54, 1.807) is 0 Å². The summed E-state index contributed by atoms with van der Waals surface area (Å²) in [5.41, 5.74) is 2.88. The van der Waals surface area contributed by atoms with E-state index in [-0.39, 0.29) is 5.97 Å². The fourth-order valence-corrected chi connectivity index (χ4v) is 3.09. The SMILES string of the molecule is CC(=O)OCSc1ccc(-c2cc(Cl)nn2-c2ccccc2)cc1. The fourth-order valence-electron chi connectivity index (χ4n) is 2.23. The molecule has 0 N–H and O–H groups in total. The number of carbonyl (C=O) groups excluding carboxylic acids is 1. The van der Waals surface area contributed by atoms with Crippen molar-refractivity contribution in [1.29, 1.82) is 0 Å². The first-order valence-corrected chi connectivity index (χ1v) is 8.67. The Labute approximate surface area is 149 Å². The average molecular weight is 359 g/mol. The molecule has 0 unspecified atom stereocenters. The predicted octanol–water partition coefficient (Wildman–Crippen LogP) is 4.81. The van der Waals surface area contributed by atoms with Gasteiger partial charge in [0.15, 0.2) is 5.15 Å². The molecule has 3 rings (SSSR count). The zero-order valence-corrected chi connectivity index (χ0v) is 14.6. The summed E-state index contributed by atoms with van der Waals surface area (Å²) >= 11 is 7.58. The lowest BCUT2D eigenvalue weighted by Crippen LogP contribution is -1.98. The van der Waals surface area contributed by atoms with E-state index in [1.165, 1.54) is 18.7 Å². The summed E-state index contributed by atoms with van der Waals surface area (Å²) in [6.45, 7) is 1.40. The third-order valence-electron chi connectivity index (χ3n) is 3.32. The number of aromatic nitrogens is 2. The van der Waals surface area contributed by atoms with Crippen LogP contribution >= 0.6 is 23.4 Å². The molecule has 0 atom stereocenters. The molecule has 6 heteroatoms. The van der Waals surface area contributed by atoms with Crippen LogP contribution in [0.25, 0.3) is 16.9 Å². The predicted molar refractivity (Wildman–Crippen MR) is 96.5 cm³/mol. The Bertz CT molecular complexity index is 832. The molecule has 0 bridgehead atoms. The standard InChI is InChI=1S/C18H15ClN2O2S/c1-13(22)23-12-24-16-9-7-14(8-10-16)17-11-18(19)20-21(17)15-5-3-2-4-6-15/h2-11H,12H2,1H3. The summed E-state index contributed by atoms with van der Waals surface area (Å²) in [6, 6.07) is 19.7. The Hall–Kier alpha value is -2.24. The molecule has 0 aliphatic carbocycles. The van der Waals surface area contributed by atoms with E-state index in [1.807, 2.05) is 65.3 Å². The topological polar surface area (TPSA) is 44.1 Å². The first-order chi connectivity index (χ1) is 11.6. The van der Waals surface area contributed by atoms with E-state index in [2.05, 4.69) is 5.10 Å². The summed E-state index contributed by atoms with van der Waals surface area (Å²) in [4.78, 5) is 11.8. The molecule has 0 amide bonds. The number of para-hydroxylation sites is 1. The average Bonchev–Trinajstić information content (AvgIpc) is 2.98. The van der Waals surface area contributed by atoms with Crippen LogP contribution in [0, 0.1) is 0 Å². The summed E-state index contributed by atoms with van der Waals surface area (Å²) in [7, 11) is 0. The van der Waals surface area contributed by atoms with Crippen molar-refractivity contribution in [3.8, 4) is 16.9 Å². The number of hydrogen-bond acceptors (Lipinski definition) is 4. The van der Waals surface area contributed by atoms with Crippen LogP contribution < -0.4 is 0 Å². The van der Waals surface area contributed by atoms with E-state index in [0.29, 0.717) is 11.1 Å². The van der Waals surface area contributed by atoms with Crippen LogP contribution in [-0.2, 0) is 9.53 Å². The smallest absolute Gasteiger partial charge is 0.303 e. The van der Waals surface area contributed by atoms with Gasteiger partial charge in [0.1, 0.15) is 5.94 Å². The van der Waals surface area contributed by atoms with Gasteiger partial charge in [-0.15, -0.1) is 0 Å². The highest BCUT2D eigenvalue weighted by Gasteiger charge is 2.10. The highest BCUT2D eigenvalue weighted by molar-refractivity contribution is 7.99. The highest BCUT2D eigenvalue weighted by atomic mass is 35.5. The maximum atomic E-state index is 10.8. The van der Waals surface area contributed by atoms with Crippen molar-refractivity contribution in [2.45, 2.75) is 11.8 Å². The monoisotopic (exact) mass is 358 g/mol.